The van der Waals surface area contributed by atoms with Crippen LogP contribution in [0.15, 0.2) is 12.4 Å². The van der Waals surface area contributed by atoms with Crippen LogP contribution in [0.2, 0.25) is 0 Å². The lowest BCUT2D eigenvalue weighted by Crippen LogP contribution is -2.43. The van der Waals surface area contributed by atoms with E-state index in [4.69, 9.17) is 0 Å². The van der Waals surface area contributed by atoms with Gasteiger partial charge in [-0.1, -0.05) is 11.8 Å². The molecule has 4 heteroatoms. The summed E-state index contributed by atoms with van der Waals surface area (Å²) >= 11 is 0. The zero-order valence-electron chi connectivity index (χ0n) is 10.4. The minimum Gasteiger partial charge on any atom is -0.334 e. The number of aromatic nitrogens is 2. The summed E-state index contributed by atoms with van der Waals surface area (Å²) < 4.78 is 2.14. The van der Waals surface area contributed by atoms with Gasteiger partial charge >= 0.3 is 0 Å². The van der Waals surface area contributed by atoms with Crippen LogP contribution in [0, 0.1) is 11.8 Å². The predicted molar refractivity (Wildman–Crippen MR) is 68.7 cm³/mol. The molecule has 92 valence electrons. The Kier molecular flexibility index (Phi) is 4.60. The van der Waals surface area contributed by atoms with Crippen LogP contribution >= 0.6 is 0 Å². The Morgan fingerprint density at radius 1 is 1.35 bits per heavy atom. The summed E-state index contributed by atoms with van der Waals surface area (Å²) in [6.07, 6.45) is 4.61. The molecule has 1 aliphatic heterocycles. The maximum atomic E-state index is 4.31. The average molecular weight is 232 g/mol. The van der Waals surface area contributed by atoms with Gasteiger partial charge in [0, 0.05) is 45.1 Å². The van der Waals surface area contributed by atoms with E-state index in [2.05, 4.69) is 38.5 Å². The second-order valence-electron chi connectivity index (χ2n) is 4.19. The Hall–Kier alpha value is -1.31. The van der Waals surface area contributed by atoms with Crippen LogP contribution in [-0.2, 0) is 13.0 Å². The van der Waals surface area contributed by atoms with Gasteiger partial charge in [-0.3, -0.25) is 4.90 Å². The normalized spacial score (nSPS) is 16.5. The lowest BCUT2D eigenvalue weighted by atomic mass is 10.3. The maximum absolute atomic E-state index is 4.31. The van der Waals surface area contributed by atoms with Crippen molar-refractivity contribution in [3.05, 3.63) is 18.2 Å². The second kappa shape index (κ2) is 6.43. The molecular formula is C13H20N4. The monoisotopic (exact) mass is 232 g/mol. The molecule has 0 aromatic carbocycles. The molecule has 0 aliphatic carbocycles. The first-order valence-electron chi connectivity index (χ1n) is 6.29. The average Bonchev–Trinajstić information content (AvgIpc) is 2.83. The summed E-state index contributed by atoms with van der Waals surface area (Å²) in [6, 6.07) is 0. The van der Waals surface area contributed by atoms with Crippen molar-refractivity contribution in [2.24, 2.45) is 0 Å². The van der Waals surface area contributed by atoms with Crippen LogP contribution in [0.25, 0.3) is 0 Å². The molecule has 0 radical (unpaired) electrons. The van der Waals surface area contributed by atoms with Gasteiger partial charge in [0.1, 0.15) is 5.82 Å². The molecule has 1 fully saturated rings. The first-order chi connectivity index (χ1) is 8.40. The van der Waals surface area contributed by atoms with Crippen molar-refractivity contribution >= 4 is 0 Å². The standard InChI is InChI=1S/C13H20N4/c1-2-17-12-8-15-13(17)5-3-4-9-16-10-6-14-7-11-16/h8,12,14H,2,5-7,9-11H2,1H3. The molecule has 4 nitrogen and oxygen atoms in total. The van der Waals surface area contributed by atoms with Gasteiger partial charge in [-0.15, -0.1) is 0 Å². The highest BCUT2D eigenvalue weighted by molar-refractivity contribution is 5.09. The first-order valence-corrected chi connectivity index (χ1v) is 6.29. The number of piperazine rings is 1. The topological polar surface area (TPSA) is 33.1 Å². The molecule has 0 bridgehead atoms. The van der Waals surface area contributed by atoms with E-state index in [0.29, 0.717) is 0 Å². The number of aryl methyl sites for hydroxylation is 1. The maximum Gasteiger partial charge on any atom is 0.120 e. The summed E-state index contributed by atoms with van der Waals surface area (Å²) in [7, 11) is 0. The van der Waals surface area contributed by atoms with Gasteiger partial charge in [-0.05, 0) is 6.92 Å². The van der Waals surface area contributed by atoms with Gasteiger partial charge in [-0.2, -0.15) is 0 Å². The minimum absolute atomic E-state index is 0.757. The fourth-order valence-corrected chi connectivity index (χ4v) is 1.97. The molecule has 0 atom stereocenters. The highest BCUT2D eigenvalue weighted by Crippen LogP contribution is 1.97. The van der Waals surface area contributed by atoms with E-state index < -0.39 is 0 Å². The van der Waals surface area contributed by atoms with Crippen molar-refractivity contribution in [1.82, 2.24) is 19.8 Å². The summed E-state index contributed by atoms with van der Waals surface area (Å²) in [5.41, 5.74) is 0. The van der Waals surface area contributed by atoms with E-state index in [9.17, 15) is 0 Å². The van der Waals surface area contributed by atoms with Gasteiger partial charge in [0.15, 0.2) is 0 Å². The highest BCUT2D eigenvalue weighted by Gasteiger charge is 2.06. The molecular weight excluding hydrogens is 212 g/mol. The summed E-state index contributed by atoms with van der Waals surface area (Å²) in [4.78, 5) is 6.69. The molecule has 1 saturated heterocycles. The van der Waals surface area contributed by atoms with E-state index in [-0.39, 0.29) is 0 Å². The number of imidazole rings is 1. The van der Waals surface area contributed by atoms with Crippen LogP contribution in [0.3, 0.4) is 0 Å². The minimum atomic E-state index is 0.757. The smallest absolute Gasteiger partial charge is 0.120 e. The Balaban J connectivity index is 1.78. The Bertz CT molecular complexity index is 393. The molecule has 0 amide bonds. The van der Waals surface area contributed by atoms with Crippen LogP contribution in [-0.4, -0.2) is 47.2 Å². The first kappa shape index (κ1) is 12.2. The molecule has 17 heavy (non-hydrogen) atoms. The summed E-state index contributed by atoms with van der Waals surface area (Å²) in [5.74, 6) is 7.52. The lowest BCUT2D eigenvalue weighted by molar-refractivity contribution is 0.268. The number of rotatable bonds is 3. The van der Waals surface area contributed by atoms with Crippen molar-refractivity contribution in [2.45, 2.75) is 19.9 Å². The largest absolute Gasteiger partial charge is 0.334 e. The second-order valence-corrected chi connectivity index (χ2v) is 4.19. The molecule has 1 aromatic rings. The van der Waals surface area contributed by atoms with Crippen molar-refractivity contribution in [3.8, 4) is 11.8 Å². The molecule has 1 N–H and O–H groups in total. The Labute approximate surface area is 103 Å². The fourth-order valence-electron chi connectivity index (χ4n) is 1.97. The van der Waals surface area contributed by atoms with Crippen LogP contribution < -0.4 is 5.32 Å². The number of hydrogen-bond donors (Lipinski definition) is 1. The third-order valence-corrected chi connectivity index (χ3v) is 3.03. The van der Waals surface area contributed by atoms with Crippen molar-refractivity contribution in [1.29, 1.82) is 0 Å². The molecule has 0 saturated carbocycles. The fraction of sp³-hybridized carbons (Fsp3) is 0.615. The molecule has 0 unspecified atom stereocenters. The van der Waals surface area contributed by atoms with Gasteiger partial charge in [0.2, 0.25) is 0 Å². The van der Waals surface area contributed by atoms with Gasteiger partial charge in [0.25, 0.3) is 0 Å². The van der Waals surface area contributed by atoms with E-state index in [1.54, 1.807) is 0 Å². The van der Waals surface area contributed by atoms with Gasteiger partial charge < -0.3 is 9.88 Å². The number of hydrogen-bond acceptors (Lipinski definition) is 3. The quantitative estimate of drug-likeness (QED) is 0.764. The van der Waals surface area contributed by atoms with Crippen LogP contribution in [0.5, 0.6) is 0 Å². The summed E-state index contributed by atoms with van der Waals surface area (Å²) in [5, 5.41) is 3.34. The van der Waals surface area contributed by atoms with Crippen LogP contribution in [0.1, 0.15) is 12.7 Å². The van der Waals surface area contributed by atoms with Crippen LogP contribution in [0.4, 0.5) is 0 Å². The van der Waals surface area contributed by atoms with Gasteiger partial charge in [0.05, 0.1) is 13.0 Å². The molecule has 2 heterocycles. The Morgan fingerprint density at radius 3 is 2.94 bits per heavy atom. The third-order valence-electron chi connectivity index (χ3n) is 3.03. The van der Waals surface area contributed by atoms with Crippen molar-refractivity contribution < 1.29 is 0 Å². The SMILES string of the molecule is CCn1ccnc1CC#CCN1CCNCC1. The van der Waals surface area contributed by atoms with E-state index in [1.807, 2.05) is 12.4 Å². The zero-order chi connectivity index (χ0) is 11.9. The molecule has 1 aliphatic rings. The van der Waals surface area contributed by atoms with E-state index >= 15 is 0 Å². The molecule has 1 aromatic heterocycles. The van der Waals surface area contributed by atoms with Gasteiger partial charge in [-0.25, -0.2) is 4.98 Å². The van der Waals surface area contributed by atoms with Crippen molar-refractivity contribution in [3.63, 3.8) is 0 Å². The number of nitrogens with zero attached hydrogens (tertiary/aromatic N) is 3. The lowest BCUT2D eigenvalue weighted by Gasteiger charge is -2.24. The Morgan fingerprint density at radius 2 is 2.18 bits per heavy atom. The van der Waals surface area contributed by atoms with E-state index in [1.165, 1.54) is 0 Å². The predicted octanol–water partition coefficient (Wildman–Crippen LogP) is 0.354. The highest BCUT2D eigenvalue weighted by atomic mass is 15.2. The molecule has 2 rings (SSSR count). The van der Waals surface area contributed by atoms with Crippen molar-refractivity contribution in [2.75, 3.05) is 32.7 Å². The third kappa shape index (κ3) is 3.58. The summed E-state index contributed by atoms with van der Waals surface area (Å²) in [6.45, 7) is 8.36. The number of nitrogens with one attached hydrogen (secondary N) is 1. The van der Waals surface area contributed by atoms with E-state index in [0.717, 1.165) is 51.5 Å². The zero-order valence-corrected chi connectivity index (χ0v) is 10.4. The molecule has 0 spiro atoms.